The van der Waals surface area contributed by atoms with Gasteiger partial charge < -0.3 is 15.0 Å². The number of aryl methyl sites for hydroxylation is 1. The zero-order valence-electron chi connectivity index (χ0n) is 20.4. The van der Waals surface area contributed by atoms with E-state index in [1.165, 1.54) is 0 Å². The van der Waals surface area contributed by atoms with Gasteiger partial charge in [-0.3, -0.25) is 19.8 Å². The number of amides is 2. The van der Waals surface area contributed by atoms with Gasteiger partial charge in [0, 0.05) is 35.3 Å². The molecule has 8 nitrogen and oxygen atoms in total. The van der Waals surface area contributed by atoms with Gasteiger partial charge >= 0.3 is 0 Å². The highest BCUT2D eigenvalue weighted by molar-refractivity contribution is 5.95. The maximum atomic E-state index is 13.1. The molecule has 2 aromatic carbocycles. The first-order valence-electron chi connectivity index (χ1n) is 11.8. The van der Waals surface area contributed by atoms with E-state index < -0.39 is 11.4 Å². The first-order chi connectivity index (χ1) is 16.8. The molecule has 0 radical (unpaired) electrons. The summed E-state index contributed by atoms with van der Waals surface area (Å²) < 4.78 is 6.01. The highest BCUT2D eigenvalue weighted by atomic mass is 16.5. The molecule has 1 aliphatic heterocycles. The zero-order valence-corrected chi connectivity index (χ0v) is 20.4. The Hall–Kier alpha value is -3.49. The molecule has 3 aromatic rings. The average molecular weight is 477 g/mol. The van der Waals surface area contributed by atoms with Gasteiger partial charge in [0.2, 0.25) is 5.91 Å². The fraction of sp³-hybridized carbons (Fsp3) is 0.370. The summed E-state index contributed by atoms with van der Waals surface area (Å²) in [5.74, 6) is -0.0790. The molecule has 3 N–H and O–H groups in total. The lowest BCUT2D eigenvalue weighted by atomic mass is 9.76. The number of fused-ring (bicyclic) bond motifs is 1. The van der Waals surface area contributed by atoms with Gasteiger partial charge in [0.25, 0.3) is 5.91 Å². The molecule has 0 bridgehead atoms. The molecule has 0 saturated carbocycles. The Bertz CT molecular complexity index is 1210. The number of aromatic nitrogens is 1. The number of hydroxylamine groups is 1. The summed E-state index contributed by atoms with van der Waals surface area (Å²) in [5.41, 5.74) is 4.38. The number of piperidine rings is 1. The minimum atomic E-state index is -0.730. The van der Waals surface area contributed by atoms with Crippen LogP contribution in [0, 0.1) is 12.8 Å². The monoisotopic (exact) mass is 476 g/mol. The lowest BCUT2D eigenvalue weighted by Crippen LogP contribution is -2.61. The van der Waals surface area contributed by atoms with Gasteiger partial charge in [-0.2, -0.15) is 0 Å². The lowest BCUT2D eigenvalue weighted by molar-refractivity contribution is -0.131. The Morgan fingerprint density at radius 3 is 2.66 bits per heavy atom. The number of carbonyl (C=O) groups is 2. The average Bonchev–Trinajstić information content (AvgIpc) is 2.85. The van der Waals surface area contributed by atoms with E-state index in [0.29, 0.717) is 24.3 Å². The van der Waals surface area contributed by atoms with Crippen LogP contribution in [0.2, 0.25) is 0 Å². The number of para-hydroxylation sites is 1. The maximum Gasteiger partial charge on any atom is 0.251 e. The Labute approximate surface area is 205 Å². The van der Waals surface area contributed by atoms with Crippen LogP contribution in [0.15, 0.2) is 54.6 Å². The van der Waals surface area contributed by atoms with Crippen molar-refractivity contribution >= 4 is 22.7 Å². The minimum absolute atomic E-state index is 0.0186. The Balaban J connectivity index is 1.45. The van der Waals surface area contributed by atoms with Crippen LogP contribution in [-0.4, -0.2) is 52.6 Å². The molecule has 1 aliphatic rings. The van der Waals surface area contributed by atoms with Crippen molar-refractivity contribution in [1.82, 2.24) is 20.7 Å². The number of likely N-dealkylation sites (tertiary alicyclic amines) is 1. The molecule has 1 fully saturated rings. The minimum Gasteiger partial charge on any atom is -0.489 e. The molecule has 1 saturated heterocycles. The predicted molar refractivity (Wildman–Crippen MR) is 133 cm³/mol. The van der Waals surface area contributed by atoms with Gasteiger partial charge in [0.15, 0.2) is 0 Å². The third-order valence-electron chi connectivity index (χ3n) is 6.87. The van der Waals surface area contributed by atoms with Crippen LogP contribution >= 0.6 is 0 Å². The molecule has 2 atom stereocenters. The number of hydrogen-bond donors (Lipinski definition) is 3. The number of ether oxygens (including phenoxy) is 1. The van der Waals surface area contributed by atoms with Crippen molar-refractivity contribution in [3.8, 4) is 5.75 Å². The quantitative estimate of drug-likeness (QED) is 0.356. The summed E-state index contributed by atoms with van der Waals surface area (Å²) in [6, 6.07) is 17.0. The summed E-state index contributed by atoms with van der Waals surface area (Å²) in [5, 5.41) is 13.2. The first kappa shape index (κ1) is 24.6. The van der Waals surface area contributed by atoms with Crippen LogP contribution in [-0.2, 0) is 11.4 Å². The van der Waals surface area contributed by atoms with E-state index in [4.69, 9.17) is 9.94 Å². The van der Waals surface area contributed by atoms with E-state index in [-0.39, 0.29) is 18.2 Å². The highest BCUT2D eigenvalue weighted by Crippen LogP contribution is 2.31. The summed E-state index contributed by atoms with van der Waals surface area (Å²) in [7, 11) is 2.02. The van der Waals surface area contributed by atoms with Crippen molar-refractivity contribution in [2.75, 3.05) is 20.1 Å². The van der Waals surface area contributed by atoms with E-state index in [2.05, 4.69) is 15.2 Å². The molecule has 2 amide bonds. The number of hydrogen-bond acceptors (Lipinski definition) is 6. The molecule has 8 heteroatoms. The van der Waals surface area contributed by atoms with Crippen LogP contribution in [0.25, 0.3) is 10.9 Å². The van der Waals surface area contributed by atoms with E-state index >= 15 is 0 Å². The van der Waals surface area contributed by atoms with Crippen molar-refractivity contribution in [3.63, 3.8) is 0 Å². The number of benzene rings is 2. The van der Waals surface area contributed by atoms with Crippen LogP contribution in [0.5, 0.6) is 5.75 Å². The molecule has 1 aromatic heterocycles. The number of rotatable bonds is 7. The second-order valence-electron chi connectivity index (χ2n) is 9.49. The summed E-state index contributed by atoms with van der Waals surface area (Å²) in [4.78, 5) is 31.9. The second kappa shape index (κ2) is 10.4. The Morgan fingerprint density at radius 1 is 1.20 bits per heavy atom. The lowest BCUT2D eigenvalue weighted by Gasteiger charge is -2.46. The van der Waals surface area contributed by atoms with Crippen LogP contribution < -0.4 is 15.5 Å². The van der Waals surface area contributed by atoms with E-state index in [0.717, 1.165) is 35.2 Å². The molecule has 2 unspecified atom stereocenters. The van der Waals surface area contributed by atoms with E-state index in [1.54, 1.807) is 29.7 Å². The van der Waals surface area contributed by atoms with Crippen molar-refractivity contribution < 1.29 is 19.5 Å². The third-order valence-corrected chi connectivity index (χ3v) is 6.87. The van der Waals surface area contributed by atoms with Crippen LogP contribution in [0.4, 0.5) is 0 Å². The van der Waals surface area contributed by atoms with E-state index in [1.807, 2.05) is 51.2 Å². The SMILES string of the molecule is Cc1cc(COc2ccc(C(=O)NC3(CC(=O)NO)CCN(C)CC3C)cc2)c2ccccc2n1. The molecule has 184 valence electrons. The second-order valence-corrected chi connectivity index (χ2v) is 9.49. The van der Waals surface area contributed by atoms with Gasteiger partial charge in [-0.05, 0) is 62.7 Å². The third kappa shape index (κ3) is 5.61. The van der Waals surface area contributed by atoms with Gasteiger partial charge in [-0.15, -0.1) is 0 Å². The summed E-state index contributed by atoms with van der Waals surface area (Å²) >= 11 is 0. The van der Waals surface area contributed by atoms with Crippen LogP contribution in [0.1, 0.15) is 41.4 Å². The van der Waals surface area contributed by atoms with Crippen molar-refractivity contribution in [2.45, 2.75) is 38.8 Å². The highest BCUT2D eigenvalue weighted by Gasteiger charge is 2.42. The number of pyridine rings is 1. The van der Waals surface area contributed by atoms with E-state index in [9.17, 15) is 9.59 Å². The Morgan fingerprint density at radius 2 is 1.94 bits per heavy atom. The molecular formula is C27H32N4O4. The molecule has 4 rings (SSSR count). The number of nitrogens with zero attached hydrogens (tertiary/aromatic N) is 2. The summed E-state index contributed by atoms with van der Waals surface area (Å²) in [6.07, 6.45) is 0.634. The van der Waals surface area contributed by atoms with Crippen molar-refractivity contribution in [2.24, 2.45) is 5.92 Å². The molecular weight excluding hydrogens is 444 g/mol. The van der Waals surface area contributed by atoms with Crippen LogP contribution in [0.3, 0.4) is 0 Å². The smallest absolute Gasteiger partial charge is 0.251 e. The maximum absolute atomic E-state index is 13.1. The first-order valence-corrected chi connectivity index (χ1v) is 11.8. The normalized spacial score (nSPS) is 20.4. The topological polar surface area (TPSA) is 104 Å². The molecule has 0 spiro atoms. The standard InChI is InChI=1S/C27H32N4O4/c1-18-16-31(3)13-12-27(18,15-25(32)30-34)29-26(33)20-8-10-22(11-9-20)35-17-21-14-19(2)28-24-7-5-4-6-23(21)24/h4-11,14,18,34H,12-13,15-17H2,1-3H3,(H,29,33)(H,30,32). The molecule has 35 heavy (non-hydrogen) atoms. The van der Waals surface area contributed by atoms with Gasteiger partial charge in [0.05, 0.1) is 17.5 Å². The fourth-order valence-electron chi connectivity index (χ4n) is 4.87. The predicted octanol–water partition coefficient (Wildman–Crippen LogP) is 3.46. The molecule has 0 aliphatic carbocycles. The zero-order chi connectivity index (χ0) is 25.0. The number of carbonyl (C=O) groups excluding carboxylic acids is 2. The Kier molecular flexibility index (Phi) is 7.33. The van der Waals surface area contributed by atoms with Crippen molar-refractivity contribution in [3.05, 3.63) is 71.4 Å². The summed E-state index contributed by atoms with van der Waals surface area (Å²) in [6.45, 7) is 5.86. The van der Waals surface area contributed by atoms with Gasteiger partial charge in [-0.1, -0.05) is 25.1 Å². The fourth-order valence-corrected chi connectivity index (χ4v) is 4.87. The van der Waals surface area contributed by atoms with Gasteiger partial charge in [-0.25, -0.2) is 5.48 Å². The molecule has 2 heterocycles. The van der Waals surface area contributed by atoms with Crippen molar-refractivity contribution in [1.29, 1.82) is 0 Å². The number of nitrogens with one attached hydrogen (secondary N) is 2. The largest absolute Gasteiger partial charge is 0.489 e. The van der Waals surface area contributed by atoms with Gasteiger partial charge in [0.1, 0.15) is 12.4 Å².